The van der Waals surface area contributed by atoms with E-state index < -0.39 is 0 Å². The maximum absolute atomic E-state index is 12.6. The molecule has 2 heterocycles. The number of fused-ring (bicyclic) bond motifs is 1. The van der Waals surface area contributed by atoms with E-state index in [1.54, 1.807) is 4.57 Å². The normalized spacial score (nSPS) is 12.7. The van der Waals surface area contributed by atoms with Gasteiger partial charge in [0, 0.05) is 13.6 Å². The van der Waals surface area contributed by atoms with E-state index in [-0.39, 0.29) is 18.3 Å². The molecule has 28 heavy (non-hydrogen) atoms. The van der Waals surface area contributed by atoms with E-state index in [0.717, 1.165) is 29.7 Å². The fourth-order valence-corrected chi connectivity index (χ4v) is 3.13. The van der Waals surface area contributed by atoms with Gasteiger partial charge in [-0.3, -0.25) is 4.57 Å². The number of benzene rings is 1. The summed E-state index contributed by atoms with van der Waals surface area (Å²) in [6.07, 6.45) is 5.45. The zero-order valence-corrected chi connectivity index (χ0v) is 16.6. The highest BCUT2D eigenvalue weighted by Crippen LogP contribution is 2.23. The fourth-order valence-electron chi connectivity index (χ4n) is 3.13. The van der Waals surface area contributed by atoms with E-state index in [4.69, 9.17) is 4.98 Å². The van der Waals surface area contributed by atoms with Crippen molar-refractivity contribution in [2.75, 3.05) is 11.9 Å². The molecule has 1 unspecified atom stereocenters. The Bertz CT molecular complexity index is 1020. The Morgan fingerprint density at radius 2 is 1.93 bits per heavy atom. The number of aliphatic hydroxyl groups is 1. The fraction of sp³-hybridized carbons (Fsp3) is 0.381. The summed E-state index contributed by atoms with van der Waals surface area (Å²) in [5.74, 6) is 1.19. The van der Waals surface area contributed by atoms with Crippen molar-refractivity contribution in [1.29, 1.82) is 0 Å². The summed E-state index contributed by atoms with van der Waals surface area (Å²) in [5, 5.41) is 12.7. The molecule has 2 N–H and O–H groups in total. The van der Waals surface area contributed by atoms with Gasteiger partial charge in [-0.05, 0) is 24.5 Å². The molecule has 7 heteroatoms. The molecular weight excluding hydrogens is 354 g/mol. The molecule has 1 atom stereocenters. The van der Waals surface area contributed by atoms with Crippen LogP contribution in [0, 0.1) is 0 Å². The van der Waals surface area contributed by atoms with Crippen LogP contribution in [0.25, 0.3) is 23.3 Å². The lowest BCUT2D eigenvalue weighted by molar-refractivity contribution is 0.271. The molecule has 0 bridgehead atoms. The van der Waals surface area contributed by atoms with Crippen LogP contribution in [0.15, 0.2) is 35.1 Å². The van der Waals surface area contributed by atoms with Gasteiger partial charge in [0.2, 0.25) is 0 Å². The number of imidazole rings is 1. The molecule has 148 valence electrons. The van der Waals surface area contributed by atoms with Crippen LogP contribution < -0.4 is 11.0 Å². The van der Waals surface area contributed by atoms with E-state index in [1.165, 1.54) is 0 Å². The molecule has 0 saturated carbocycles. The van der Waals surface area contributed by atoms with E-state index >= 15 is 0 Å². The molecular formula is C21H27N5O2. The van der Waals surface area contributed by atoms with Crippen molar-refractivity contribution in [3.05, 3.63) is 52.2 Å². The van der Waals surface area contributed by atoms with Gasteiger partial charge in [-0.15, -0.1) is 0 Å². The van der Waals surface area contributed by atoms with Crippen molar-refractivity contribution in [3.63, 3.8) is 0 Å². The van der Waals surface area contributed by atoms with Crippen molar-refractivity contribution in [2.45, 2.75) is 39.3 Å². The van der Waals surface area contributed by atoms with Gasteiger partial charge in [-0.25, -0.2) is 9.78 Å². The van der Waals surface area contributed by atoms with Crippen LogP contribution in [-0.2, 0) is 13.6 Å². The van der Waals surface area contributed by atoms with Crippen LogP contribution in [0.2, 0.25) is 0 Å². The Morgan fingerprint density at radius 1 is 1.18 bits per heavy atom. The second kappa shape index (κ2) is 8.84. The van der Waals surface area contributed by atoms with Crippen LogP contribution in [0.5, 0.6) is 0 Å². The SMILES string of the molecule is CCCn1c(=O)nc(NC(CC)CO)c2c1nc(/C=C/c1ccccc1)n2C. The first-order valence-electron chi connectivity index (χ1n) is 9.66. The number of nitrogens with zero attached hydrogens (tertiary/aromatic N) is 4. The van der Waals surface area contributed by atoms with Gasteiger partial charge in [0.05, 0.1) is 12.6 Å². The molecule has 0 aliphatic rings. The Labute approximate surface area is 164 Å². The third-order valence-corrected chi connectivity index (χ3v) is 4.76. The molecule has 0 saturated heterocycles. The Balaban J connectivity index is 2.14. The average molecular weight is 381 g/mol. The standard InChI is InChI=1S/C21H27N5O2/c1-4-13-26-20-18(19(24-21(26)28)22-16(5-2)14-27)25(3)17(23-20)12-11-15-9-7-6-8-10-15/h6-12,16,27H,4-5,13-14H2,1-3H3,(H,22,24,28)/b12-11+. The largest absolute Gasteiger partial charge is 0.394 e. The van der Waals surface area contributed by atoms with Gasteiger partial charge in [0.25, 0.3) is 0 Å². The molecule has 0 aliphatic heterocycles. The van der Waals surface area contributed by atoms with Gasteiger partial charge >= 0.3 is 5.69 Å². The van der Waals surface area contributed by atoms with E-state index in [2.05, 4.69) is 10.3 Å². The van der Waals surface area contributed by atoms with Gasteiger partial charge in [0.1, 0.15) is 11.3 Å². The molecule has 0 aliphatic carbocycles. The molecule has 0 fully saturated rings. The first-order chi connectivity index (χ1) is 13.6. The number of hydrogen-bond acceptors (Lipinski definition) is 5. The number of rotatable bonds is 8. The smallest absolute Gasteiger partial charge is 0.351 e. The topological polar surface area (TPSA) is 85.0 Å². The summed E-state index contributed by atoms with van der Waals surface area (Å²) in [6, 6.07) is 9.82. The highest BCUT2D eigenvalue weighted by atomic mass is 16.3. The van der Waals surface area contributed by atoms with Crippen molar-refractivity contribution >= 4 is 29.1 Å². The summed E-state index contributed by atoms with van der Waals surface area (Å²) >= 11 is 0. The van der Waals surface area contributed by atoms with Crippen LogP contribution in [0.4, 0.5) is 5.82 Å². The minimum Gasteiger partial charge on any atom is -0.394 e. The number of hydrogen-bond donors (Lipinski definition) is 2. The maximum Gasteiger partial charge on any atom is 0.351 e. The Morgan fingerprint density at radius 3 is 2.57 bits per heavy atom. The van der Waals surface area contributed by atoms with Crippen LogP contribution in [0.3, 0.4) is 0 Å². The average Bonchev–Trinajstić information content (AvgIpc) is 3.04. The van der Waals surface area contributed by atoms with Crippen molar-refractivity contribution in [3.8, 4) is 0 Å². The molecule has 0 amide bonds. The molecule has 2 aromatic heterocycles. The Hall–Kier alpha value is -2.93. The summed E-state index contributed by atoms with van der Waals surface area (Å²) in [6.45, 7) is 4.51. The molecule has 0 radical (unpaired) electrons. The first-order valence-corrected chi connectivity index (χ1v) is 9.66. The lowest BCUT2D eigenvalue weighted by Gasteiger charge is -2.16. The number of aryl methyl sites for hydroxylation is 2. The lowest BCUT2D eigenvalue weighted by Crippen LogP contribution is -2.29. The maximum atomic E-state index is 12.6. The number of aromatic nitrogens is 4. The van der Waals surface area contributed by atoms with Gasteiger partial charge in [-0.1, -0.05) is 50.3 Å². The zero-order valence-electron chi connectivity index (χ0n) is 16.6. The van der Waals surface area contributed by atoms with Crippen molar-refractivity contribution in [2.24, 2.45) is 7.05 Å². The quantitative estimate of drug-likeness (QED) is 0.627. The molecule has 1 aromatic carbocycles. The highest BCUT2D eigenvalue weighted by Gasteiger charge is 2.19. The predicted octanol–water partition coefficient (Wildman–Crippen LogP) is 2.89. The Kier molecular flexibility index (Phi) is 6.26. The van der Waals surface area contributed by atoms with E-state index in [9.17, 15) is 9.90 Å². The molecule has 3 rings (SSSR count). The van der Waals surface area contributed by atoms with E-state index in [0.29, 0.717) is 18.0 Å². The van der Waals surface area contributed by atoms with Gasteiger partial charge < -0.3 is 15.0 Å². The number of nitrogens with one attached hydrogen (secondary N) is 1. The van der Waals surface area contributed by atoms with Crippen molar-refractivity contribution < 1.29 is 5.11 Å². The van der Waals surface area contributed by atoms with Crippen LogP contribution in [0.1, 0.15) is 38.1 Å². The van der Waals surface area contributed by atoms with Gasteiger partial charge in [-0.2, -0.15) is 4.98 Å². The third-order valence-electron chi connectivity index (χ3n) is 4.76. The highest BCUT2D eigenvalue weighted by molar-refractivity contribution is 5.86. The number of aliphatic hydroxyl groups excluding tert-OH is 1. The summed E-state index contributed by atoms with van der Waals surface area (Å²) in [4.78, 5) is 21.6. The minimum absolute atomic E-state index is 0.0314. The molecule has 3 aromatic rings. The molecule has 0 spiro atoms. The minimum atomic E-state index is -0.332. The first kappa shape index (κ1) is 19.8. The van der Waals surface area contributed by atoms with Crippen LogP contribution >= 0.6 is 0 Å². The predicted molar refractivity (Wildman–Crippen MR) is 113 cm³/mol. The third kappa shape index (κ3) is 3.99. The lowest BCUT2D eigenvalue weighted by atomic mass is 10.2. The van der Waals surface area contributed by atoms with E-state index in [1.807, 2.05) is 67.9 Å². The summed E-state index contributed by atoms with van der Waals surface area (Å²) in [5.41, 5.74) is 2.10. The monoisotopic (exact) mass is 381 g/mol. The molecule has 7 nitrogen and oxygen atoms in total. The van der Waals surface area contributed by atoms with Crippen LogP contribution in [-0.4, -0.2) is 36.9 Å². The van der Waals surface area contributed by atoms with Gasteiger partial charge in [0.15, 0.2) is 11.5 Å². The number of anilines is 1. The summed E-state index contributed by atoms with van der Waals surface area (Å²) < 4.78 is 3.54. The zero-order chi connectivity index (χ0) is 20.1. The second-order valence-electron chi connectivity index (χ2n) is 6.77. The second-order valence-corrected chi connectivity index (χ2v) is 6.77. The van der Waals surface area contributed by atoms with Crippen molar-refractivity contribution in [1.82, 2.24) is 19.1 Å². The summed E-state index contributed by atoms with van der Waals surface area (Å²) in [7, 11) is 1.91.